The summed E-state index contributed by atoms with van der Waals surface area (Å²) < 4.78 is 0. The summed E-state index contributed by atoms with van der Waals surface area (Å²) in [4.78, 5) is 35.9. The zero-order valence-electron chi connectivity index (χ0n) is 14.1. The van der Waals surface area contributed by atoms with E-state index in [2.05, 4.69) is 10.6 Å². The minimum absolute atomic E-state index is 0.162. The van der Waals surface area contributed by atoms with Crippen LogP contribution < -0.4 is 10.6 Å². The molecule has 2 unspecified atom stereocenters. The minimum atomic E-state index is -2.48. The van der Waals surface area contributed by atoms with E-state index in [9.17, 15) is 24.6 Å². The third-order valence-corrected chi connectivity index (χ3v) is 7.75. The number of carbonyl (C=O) groups is 3. The molecule has 0 spiro atoms. The second-order valence-electron chi connectivity index (χ2n) is 6.12. The maximum absolute atomic E-state index is 12.7. The first-order chi connectivity index (χ1) is 11.9. The van der Waals surface area contributed by atoms with Crippen molar-refractivity contribution in [3.63, 3.8) is 0 Å². The minimum Gasteiger partial charge on any atom is -0.480 e. The van der Waals surface area contributed by atoms with Gasteiger partial charge < -0.3 is 15.5 Å². The molecular weight excluding hydrogens is 344 g/mol. The second-order valence-corrected chi connectivity index (χ2v) is 9.34. The molecule has 0 radical (unpaired) electrons. The molecule has 1 fully saturated rings. The Labute approximate surface area is 148 Å². The molecule has 0 saturated carbocycles. The van der Waals surface area contributed by atoms with E-state index in [1.807, 2.05) is 30.3 Å². The molecule has 0 amide bonds. The Bertz CT molecular complexity index is 631. The first kappa shape index (κ1) is 19.4. The number of hydrogen-bond acceptors (Lipinski definition) is 5. The van der Waals surface area contributed by atoms with Gasteiger partial charge in [-0.25, -0.2) is 4.79 Å². The van der Waals surface area contributed by atoms with Gasteiger partial charge in [0.1, 0.15) is 6.04 Å². The zero-order chi connectivity index (χ0) is 18.4. The van der Waals surface area contributed by atoms with Crippen molar-refractivity contribution in [1.82, 2.24) is 10.6 Å². The Morgan fingerprint density at radius 1 is 1.24 bits per heavy atom. The normalized spacial score (nSPS) is 24.8. The third-order valence-electron chi connectivity index (χ3n) is 4.36. The smallest absolute Gasteiger partial charge is 0.355 e. The largest absolute Gasteiger partial charge is 0.480 e. The summed E-state index contributed by atoms with van der Waals surface area (Å²) in [7, 11) is -2.48. The highest BCUT2D eigenvalue weighted by atomic mass is 32.3. The highest BCUT2D eigenvalue weighted by molar-refractivity contribution is 8.55. The van der Waals surface area contributed by atoms with Gasteiger partial charge in [-0.3, -0.25) is 14.9 Å². The lowest BCUT2D eigenvalue weighted by Crippen LogP contribution is -2.48. The molecule has 3 atom stereocenters. The molecule has 0 bridgehead atoms. The fraction of sp³-hybridized carbons (Fsp3) is 0.471. The number of carboxylic acids is 1. The Balaban J connectivity index is 2.01. The first-order valence-corrected chi connectivity index (χ1v) is 10.1. The van der Waals surface area contributed by atoms with Crippen molar-refractivity contribution in [1.29, 1.82) is 0 Å². The molecule has 1 aliphatic rings. The number of carbonyl (C=O) groups excluding carboxylic acids is 1. The van der Waals surface area contributed by atoms with Gasteiger partial charge in [-0.1, -0.05) is 40.4 Å². The maximum atomic E-state index is 12.7. The number of hydrogen-bond donors (Lipinski definition) is 4. The lowest BCUT2D eigenvalue weighted by atomic mass is 10.0. The van der Waals surface area contributed by atoms with Crippen LogP contribution in [0.25, 0.3) is 0 Å². The lowest BCUT2D eigenvalue weighted by Gasteiger charge is -2.31. The van der Waals surface area contributed by atoms with E-state index in [1.165, 1.54) is 0 Å². The molecule has 0 aromatic heterocycles. The summed E-state index contributed by atoms with van der Waals surface area (Å²) in [6.07, 6.45) is 0.884. The van der Waals surface area contributed by atoms with E-state index in [4.69, 9.17) is 0 Å². The molecule has 1 aromatic rings. The molecule has 138 valence electrons. The molecule has 1 saturated heterocycles. The van der Waals surface area contributed by atoms with Gasteiger partial charge in [0.2, 0.25) is 0 Å². The van der Waals surface area contributed by atoms with Crippen LogP contribution in [0.4, 0.5) is 4.79 Å². The Kier molecular flexibility index (Phi) is 6.57. The van der Waals surface area contributed by atoms with Gasteiger partial charge in [0.05, 0.1) is 6.04 Å². The van der Waals surface area contributed by atoms with Crippen molar-refractivity contribution in [3.8, 4) is 0 Å². The molecule has 2 rings (SSSR count). The number of rotatable bonds is 7. The summed E-state index contributed by atoms with van der Waals surface area (Å²) in [6.45, 7) is 2.05. The van der Waals surface area contributed by atoms with Gasteiger partial charge in [0, 0.05) is 18.2 Å². The van der Waals surface area contributed by atoms with E-state index in [1.54, 1.807) is 6.92 Å². The second kappa shape index (κ2) is 8.46. The van der Waals surface area contributed by atoms with E-state index < -0.39 is 38.5 Å². The predicted octanol–water partition coefficient (Wildman–Crippen LogP) is 1.62. The Morgan fingerprint density at radius 2 is 1.92 bits per heavy atom. The van der Waals surface area contributed by atoms with Crippen LogP contribution in [0.2, 0.25) is 0 Å². The molecule has 0 aliphatic carbocycles. The average molecular weight is 368 g/mol. The SMILES string of the molecule is C[C@H](NC(CCc1ccccc1)C(=O)O)C(=O)S1(C(=O)O)CCNC1. The number of aliphatic carboxylic acids is 1. The van der Waals surface area contributed by atoms with Crippen molar-refractivity contribution in [2.24, 2.45) is 0 Å². The summed E-state index contributed by atoms with van der Waals surface area (Å²) in [5.41, 5.74) is 1.02. The number of benzene rings is 1. The van der Waals surface area contributed by atoms with E-state index >= 15 is 0 Å². The molecule has 7 nitrogen and oxygen atoms in total. The number of carboxylic acid groups (broad SMARTS) is 2. The fourth-order valence-corrected chi connectivity index (χ4v) is 5.60. The van der Waals surface area contributed by atoms with Crippen LogP contribution >= 0.6 is 10.0 Å². The van der Waals surface area contributed by atoms with Crippen LogP contribution in [-0.2, 0) is 16.0 Å². The van der Waals surface area contributed by atoms with Crippen LogP contribution in [0.3, 0.4) is 0 Å². The van der Waals surface area contributed by atoms with Crippen LogP contribution in [0.5, 0.6) is 0 Å². The van der Waals surface area contributed by atoms with Crippen molar-refractivity contribution >= 4 is 26.4 Å². The van der Waals surface area contributed by atoms with Crippen molar-refractivity contribution in [2.45, 2.75) is 31.8 Å². The third kappa shape index (κ3) is 4.59. The lowest BCUT2D eigenvalue weighted by molar-refractivity contribution is -0.139. The molecule has 25 heavy (non-hydrogen) atoms. The molecule has 1 aromatic carbocycles. The van der Waals surface area contributed by atoms with Crippen molar-refractivity contribution < 1.29 is 24.6 Å². The zero-order valence-corrected chi connectivity index (χ0v) is 14.9. The first-order valence-electron chi connectivity index (χ1n) is 8.16. The Hall–Kier alpha value is -1.90. The fourth-order valence-electron chi connectivity index (χ4n) is 2.91. The van der Waals surface area contributed by atoms with Crippen LogP contribution in [-0.4, -0.2) is 56.9 Å². The summed E-state index contributed by atoms with van der Waals surface area (Å²) in [5, 5.41) is 23.2. The number of nitrogens with one attached hydrogen (secondary N) is 2. The molecular formula is C17H24N2O5S. The van der Waals surface area contributed by atoms with Gasteiger partial charge in [-0.2, -0.15) is 0 Å². The highest BCUT2D eigenvalue weighted by Gasteiger charge is 2.45. The number of aryl methyl sites for hydroxylation is 1. The van der Waals surface area contributed by atoms with Gasteiger partial charge in [-0.15, -0.1) is 0 Å². The predicted molar refractivity (Wildman–Crippen MR) is 97.1 cm³/mol. The highest BCUT2D eigenvalue weighted by Crippen LogP contribution is 2.51. The molecule has 1 aliphatic heterocycles. The summed E-state index contributed by atoms with van der Waals surface area (Å²) >= 11 is 0. The Morgan fingerprint density at radius 3 is 2.44 bits per heavy atom. The van der Waals surface area contributed by atoms with E-state index in [0.29, 0.717) is 25.1 Å². The van der Waals surface area contributed by atoms with Crippen LogP contribution in [0.1, 0.15) is 18.9 Å². The van der Waals surface area contributed by atoms with Crippen LogP contribution in [0.15, 0.2) is 30.3 Å². The molecule has 8 heteroatoms. The van der Waals surface area contributed by atoms with E-state index in [0.717, 1.165) is 5.56 Å². The maximum Gasteiger partial charge on any atom is 0.355 e. The summed E-state index contributed by atoms with van der Waals surface area (Å²) in [5.74, 6) is -0.580. The van der Waals surface area contributed by atoms with Gasteiger partial charge in [0.25, 0.3) is 0 Å². The quantitative estimate of drug-likeness (QED) is 0.578. The average Bonchev–Trinajstić information content (AvgIpc) is 3.09. The van der Waals surface area contributed by atoms with Crippen molar-refractivity contribution in [3.05, 3.63) is 35.9 Å². The molecule has 4 N–H and O–H groups in total. The van der Waals surface area contributed by atoms with Gasteiger partial charge >= 0.3 is 11.3 Å². The van der Waals surface area contributed by atoms with Gasteiger partial charge in [-0.05, 0) is 25.3 Å². The van der Waals surface area contributed by atoms with Crippen LogP contribution in [0, 0.1) is 0 Å². The summed E-state index contributed by atoms with van der Waals surface area (Å²) in [6, 6.07) is 7.78. The van der Waals surface area contributed by atoms with E-state index in [-0.39, 0.29) is 5.88 Å². The van der Waals surface area contributed by atoms with Crippen molar-refractivity contribution in [2.75, 3.05) is 18.2 Å². The monoisotopic (exact) mass is 368 g/mol. The standard InChI is InChI=1S/C17H24N2O5S/c1-12(16(22)25(17(23)24)10-9-18-11-25)19-14(15(20)21)8-7-13-5-3-2-4-6-13/h2-6,12,14,18-19H,7-11H2,1H3,(H,20,21)(H,23,24)/t12-,14?/m0/s1. The molecule has 1 heterocycles. The topological polar surface area (TPSA) is 116 Å². The van der Waals surface area contributed by atoms with Gasteiger partial charge in [0.15, 0.2) is 5.12 Å².